The van der Waals surface area contributed by atoms with Crippen molar-refractivity contribution in [2.45, 2.75) is 20.0 Å². The number of ether oxygens (including phenoxy) is 1. The molecule has 1 rings (SSSR count). The number of hydrogen-bond donors (Lipinski definition) is 1. The fraction of sp³-hybridized carbons (Fsp3) is 0.364. The lowest BCUT2D eigenvalue weighted by molar-refractivity contribution is -0.138. The molecular weight excluding hydrogens is 237 g/mol. The number of halogens is 3. The smallest absolute Gasteiger partial charge is 0.417 e. The SMILES string of the molecule is CCOc1ccc(C(F)(F)F)c(C(C)=O)c1O. The first kappa shape index (κ1) is 13.3. The van der Waals surface area contributed by atoms with Crippen molar-refractivity contribution in [2.24, 2.45) is 0 Å². The van der Waals surface area contributed by atoms with E-state index in [4.69, 9.17) is 4.74 Å². The van der Waals surface area contributed by atoms with Gasteiger partial charge in [0.05, 0.1) is 17.7 Å². The van der Waals surface area contributed by atoms with Crippen molar-refractivity contribution in [3.05, 3.63) is 23.3 Å². The van der Waals surface area contributed by atoms with Crippen LogP contribution in [0.4, 0.5) is 13.2 Å². The van der Waals surface area contributed by atoms with Gasteiger partial charge in [0.15, 0.2) is 17.3 Å². The normalized spacial score (nSPS) is 11.4. The monoisotopic (exact) mass is 248 g/mol. The van der Waals surface area contributed by atoms with Crippen molar-refractivity contribution in [1.29, 1.82) is 0 Å². The number of phenolic OH excluding ortho intramolecular Hbond substituents is 1. The van der Waals surface area contributed by atoms with Gasteiger partial charge in [-0.1, -0.05) is 0 Å². The van der Waals surface area contributed by atoms with Crippen LogP contribution in [0.1, 0.15) is 29.8 Å². The number of alkyl halides is 3. The minimum absolute atomic E-state index is 0.134. The Labute approximate surface area is 95.8 Å². The maximum absolute atomic E-state index is 12.6. The first-order valence-corrected chi connectivity index (χ1v) is 4.86. The van der Waals surface area contributed by atoms with Crippen molar-refractivity contribution in [3.63, 3.8) is 0 Å². The Hall–Kier alpha value is -1.72. The number of phenols is 1. The van der Waals surface area contributed by atoms with Crippen molar-refractivity contribution in [1.82, 2.24) is 0 Å². The van der Waals surface area contributed by atoms with Gasteiger partial charge in [-0.2, -0.15) is 13.2 Å². The van der Waals surface area contributed by atoms with Gasteiger partial charge in [0.1, 0.15) is 0 Å². The predicted octanol–water partition coefficient (Wildman–Crippen LogP) is 3.01. The summed E-state index contributed by atoms with van der Waals surface area (Å²) >= 11 is 0. The van der Waals surface area contributed by atoms with Gasteiger partial charge in [0.2, 0.25) is 0 Å². The second-order valence-corrected chi connectivity index (χ2v) is 3.32. The van der Waals surface area contributed by atoms with Crippen LogP contribution in [-0.4, -0.2) is 17.5 Å². The quantitative estimate of drug-likeness (QED) is 0.836. The number of benzene rings is 1. The van der Waals surface area contributed by atoms with Gasteiger partial charge in [0, 0.05) is 0 Å². The van der Waals surface area contributed by atoms with E-state index >= 15 is 0 Å². The standard InChI is InChI=1S/C11H11F3O3/c1-3-17-8-5-4-7(11(12,13)14)9(6(2)15)10(8)16/h4-5,16H,3H2,1-2H3. The molecule has 3 nitrogen and oxygen atoms in total. The van der Waals surface area contributed by atoms with Crippen molar-refractivity contribution in [3.8, 4) is 11.5 Å². The molecule has 1 N–H and O–H groups in total. The third-order valence-electron chi connectivity index (χ3n) is 2.10. The van der Waals surface area contributed by atoms with Gasteiger partial charge in [-0.05, 0) is 26.0 Å². The molecule has 0 aliphatic heterocycles. The maximum atomic E-state index is 12.6. The molecule has 17 heavy (non-hydrogen) atoms. The van der Waals surface area contributed by atoms with E-state index in [0.717, 1.165) is 19.1 Å². The molecule has 0 aliphatic carbocycles. The van der Waals surface area contributed by atoms with E-state index in [1.807, 2.05) is 0 Å². The first-order chi connectivity index (χ1) is 7.79. The lowest BCUT2D eigenvalue weighted by Crippen LogP contribution is -2.12. The minimum Gasteiger partial charge on any atom is -0.504 e. The molecule has 0 atom stereocenters. The van der Waals surface area contributed by atoms with Crippen LogP contribution in [0.2, 0.25) is 0 Å². The van der Waals surface area contributed by atoms with E-state index in [9.17, 15) is 23.1 Å². The molecule has 0 saturated carbocycles. The summed E-state index contributed by atoms with van der Waals surface area (Å²) < 4.78 is 42.7. The Morgan fingerprint density at radius 2 is 2.00 bits per heavy atom. The van der Waals surface area contributed by atoms with Gasteiger partial charge >= 0.3 is 6.18 Å². The van der Waals surface area contributed by atoms with Gasteiger partial charge in [-0.3, -0.25) is 4.79 Å². The number of aromatic hydroxyl groups is 1. The summed E-state index contributed by atoms with van der Waals surface area (Å²) in [5.74, 6) is -1.77. The number of rotatable bonds is 3. The van der Waals surface area contributed by atoms with E-state index in [-0.39, 0.29) is 12.4 Å². The molecule has 0 aliphatic rings. The van der Waals surface area contributed by atoms with Crippen LogP contribution in [-0.2, 0) is 6.18 Å². The highest BCUT2D eigenvalue weighted by atomic mass is 19.4. The maximum Gasteiger partial charge on any atom is 0.417 e. The Morgan fingerprint density at radius 1 is 1.41 bits per heavy atom. The Kier molecular flexibility index (Phi) is 3.65. The highest BCUT2D eigenvalue weighted by Crippen LogP contribution is 2.40. The van der Waals surface area contributed by atoms with Crippen molar-refractivity contribution >= 4 is 5.78 Å². The molecule has 94 valence electrons. The highest BCUT2D eigenvalue weighted by Gasteiger charge is 2.36. The van der Waals surface area contributed by atoms with E-state index in [1.54, 1.807) is 6.92 Å². The van der Waals surface area contributed by atoms with Crippen LogP contribution in [0, 0.1) is 0 Å². The minimum atomic E-state index is -4.69. The molecule has 0 fully saturated rings. The molecule has 0 saturated heterocycles. The first-order valence-electron chi connectivity index (χ1n) is 4.86. The fourth-order valence-electron chi connectivity index (χ4n) is 1.44. The third kappa shape index (κ3) is 2.69. The average Bonchev–Trinajstić information content (AvgIpc) is 2.18. The summed E-state index contributed by atoms with van der Waals surface area (Å²) in [6.45, 7) is 2.75. The molecule has 0 bridgehead atoms. The summed E-state index contributed by atoms with van der Waals surface area (Å²) in [6, 6.07) is 1.72. The van der Waals surface area contributed by atoms with E-state index < -0.39 is 28.8 Å². The highest BCUT2D eigenvalue weighted by molar-refractivity contribution is 5.99. The van der Waals surface area contributed by atoms with Crippen molar-refractivity contribution < 1.29 is 27.8 Å². The fourth-order valence-corrected chi connectivity index (χ4v) is 1.44. The summed E-state index contributed by atoms with van der Waals surface area (Å²) in [4.78, 5) is 11.2. The van der Waals surface area contributed by atoms with Gasteiger partial charge in [0.25, 0.3) is 0 Å². The van der Waals surface area contributed by atoms with E-state index in [1.165, 1.54) is 0 Å². The molecule has 0 radical (unpaired) electrons. The predicted molar refractivity (Wildman–Crippen MR) is 54.3 cm³/mol. The van der Waals surface area contributed by atoms with Crippen LogP contribution in [0.5, 0.6) is 11.5 Å². The summed E-state index contributed by atoms with van der Waals surface area (Å²) in [7, 11) is 0. The molecule has 0 spiro atoms. The summed E-state index contributed by atoms with van der Waals surface area (Å²) in [5, 5.41) is 9.59. The molecule has 6 heteroatoms. The molecule has 0 amide bonds. The number of Topliss-reactive ketones (excluding diaryl/α,β-unsaturated/α-hetero) is 1. The second kappa shape index (κ2) is 4.65. The third-order valence-corrected chi connectivity index (χ3v) is 2.10. The molecule has 0 heterocycles. The molecule has 0 aromatic heterocycles. The van der Waals surface area contributed by atoms with Crippen LogP contribution in [0.15, 0.2) is 12.1 Å². The zero-order valence-corrected chi connectivity index (χ0v) is 9.26. The van der Waals surface area contributed by atoms with Crippen LogP contribution in [0.3, 0.4) is 0 Å². The van der Waals surface area contributed by atoms with Crippen LogP contribution in [0.25, 0.3) is 0 Å². The lowest BCUT2D eigenvalue weighted by Gasteiger charge is -2.15. The number of hydrogen-bond acceptors (Lipinski definition) is 3. The number of ketones is 1. The molecular formula is C11H11F3O3. The molecule has 1 aromatic rings. The van der Waals surface area contributed by atoms with E-state index in [0.29, 0.717) is 0 Å². The average molecular weight is 248 g/mol. The Bertz CT molecular complexity index is 438. The van der Waals surface area contributed by atoms with E-state index in [2.05, 4.69) is 0 Å². The van der Waals surface area contributed by atoms with Gasteiger partial charge < -0.3 is 9.84 Å². The number of carbonyl (C=O) groups is 1. The Balaban J connectivity index is 3.45. The molecule has 1 aromatic carbocycles. The Morgan fingerprint density at radius 3 is 2.41 bits per heavy atom. The largest absolute Gasteiger partial charge is 0.504 e. The zero-order chi connectivity index (χ0) is 13.2. The summed E-state index contributed by atoms with van der Waals surface area (Å²) in [5.41, 5.74) is -1.92. The second-order valence-electron chi connectivity index (χ2n) is 3.32. The summed E-state index contributed by atoms with van der Waals surface area (Å²) in [6.07, 6.45) is -4.69. The van der Waals surface area contributed by atoms with Crippen LogP contribution >= 0.6 is 0 Å². The van der Waals surface area contributed by atoms with Crippen molar-refractivity contribution in [2.75, 3.05) is 6.61 Å². The lowest BCUT2D eigenvalue weighted by atomic mass is 10.0. The zero-order valence-electron chi connectivity index (χ0n) is 9.26. The van der Waals surface area contributed by atoms with Gasteiger partial charge in [-0.25, -0.2) is 0 Å². The van der Waals surface area contributed by atoms with Crippen LogP contribution < -0.4 is 4.74 Å². The number of carbonyl (C=O) groups excluding carboxylic acids is 1. The topological polar surface area (TPSA) is 46.5 Å². The van der Waals surface area contributed by atoms with Gasteiger partial charge in [-0.15, -0.1) is 0 Å². The molecule has 0 unspecified atom stereocenters.